The van der Waals surface area contributed by atoms with Gasteiger partial charge in [-0.25, -0.2) is 0 Å². The van der Waals surface area contributed by atoms with E-state index < -0.39 is 47.3 Å². The Morgan fingerprint density at radius 3 is 2.00 bits per heavy atom. The predicted octanol–water partition coefficient (Wildman–Crippen LogP) is -1.00. The molecule has 0 spiro atoms. The van der Waals surface area contributed by atoms with Gasteiger partial charge in [-0.15, -0.1) is 0 Å². The van der Waals surface area contributed by atoms with Crippen molar-refractivity contribution >= 4 is 11.8 Å². The molecular weight excluding hydrogens is 241 g/mol. The second-order valence-corrected chi connectivity index (χ2v) is 4.11. The highest BCUT2D eigenvalue weighted by Crippen LogP contribution is 2.37. The molecule has 9 heteroatoms. The highest BCUT2D eigenvalue weighted by Gasteiger charge is 2.48. The number of alkyl halides is 3. The number of hydrogen-bond acceptors (Lipinski definition) is 6. The van der Waals surface area contributed by atoms with E-state index in [1.807, 2.05) is 0 Å². The van der Waals surface area contributed by atoms with Crippen molar-refractivity contribution in [1.29, 1.82) is 0 Å². The number of hydrogen-bond donors (Lipinski definition) is 4. The lowest BCUT2D eigenvalue weighted by Gasteiger charge is -2.20. The van der Waals surface area contributed by atoms with Gasteiger partial charge < -0.3 is 25.2 Å². The van der Waals surface area contributed by atoms with Crippen LogP contribution >= 0.6 is 11.8 Å². The van der Waals surface area contributed by atoms with Crippen LogP contribution in [0.3, 0.4) is 0 Å². The van der Waals surface area contributed by atoms with Crippen LogP contribution in [0.2, 0.25) is 0 Å². The Morgan fingerprint density at radius 1 is 1.13 bits per heavy atom. The Balaban J connectivity index is 2.58. The van der Waals surface area contributed by atoms with Crippen molar-refractivity contribution in [1.82, 2.24) is 0 Å². The summed E-state index contributed by atoms with van der Waals surface area (Å²) in [6, 6.07) is 0. The lowest BCUT2D eigenvalue weighted by atomic mass is 10.1. The fourth-order valence-corrected chi connectivity index (χ4v) is 1.76. The molecule has 0 bridgehead atoms. The van der Waals surface area contributed by atoms with E-state index in [0.29, 0.717) is 0 Å². The Labute approximate surface area is 86.5 Å². The molecule has 0 saturated carbocycles. The fourth-order valence-electron chi connectivity index (χ4n) is 1.12. The Bertz CT molecular complexity index is 225. The standard InChI is InChI=1S/C6H9F3O5S/c7-6(8,9)15-5(13)3-1(10)2(11)4(12)14-3/h1-5,10-13H/t1-,2+,3-,4?,5?/m0/s1. The monoisotopic (exact) mass is 250 g/mol. The van der Waals surface area contributed by atoms with E-state index in [0.717, 1.165) is 0 Å². The Morgan fingerprint density at radius 2 is 1.67 bits per heavy atom. The molecule has 0 aromatic carbocycles. The van der Waals surface area contributed by atoms with Crippen molar-refractivity contribution in [3.63, 3.8) is 0 Å². The zero-order chi connectivity index (χ0) is 11.8. The van der Waals surface area contributed by atoms with Crippen LogP contribution in [0.5, 0.6) is 0 Å². The molecule has 0 amide bonds. The van der Waals surface area contributed by atoms with Crippen molar-refractivity contribution in [3.8, 4) is 0 Å². The highest BCUT2D eigenvalue weighted by molar-refractivity contribution is 8.00. The maximum atomic E-state index is 11.8. The predicted molar refractivity (Wildman–Crippen MR) is 42.5 cm³/mol. The molecule has 5 atom stereocenters. The van der Waals surface area contributed by atoms with Gasteiger partial charge in [-0.05, 0) is 11.8 Å². The molecule has 0 aromatic rings. The Hall–Kier alpha value is -0.0600. The summed E-state index contributed by atoms with van der Waals surface area (Å²) in [4.78, 5) is 0. The zero-order valence-corrected chi connectivity index (χ0v) is 7.94. The summed E-state index contributed by atoms with van der Waals surface area (Å²) in [5.74, 6) is 0. The number of ether oxygens (including phenoxy) is 1. The van der Waals surface area contributed by atoms with Crippen molar-refractivity contribution in [2.24, 2.45) is 0 Å². The summed E-state index contributed by atoms with van der Waals surface area (Å²) in [6.45, 7) is 0. The second kappa shape index (κ2) is 4.44. The van der Waals surface area contributed by atoms with Gasteiger partial charge in [0.05, 0.1) is 0 Å². The molecule has 1 heterocycles. The second-order valence-electron chi connectivity index (χ2n) is 2.93. The number of rotatable bonds is 2. The van der Waals surface area contributed by atoms with E-state index in [1.165, 1.54) is 0 Å². The first-order chi connectivity index (χ1) is 6.72. The van der Waals surface area contributed by atoms with Crippen LogP contribution in [-0.4, -0.2) is 56.0 Å². The molecule has 0 aromatic heterocycles. The first-order valence-corrected chi connectivity index (χ1v) is 4.72. The van der Waals surface area contributed by atoms with Crippen molar-refractivity contribution in [3.05, 3.63) is 0 Å². The third kappa shape index (κ3) is 3.20. The van der Waals surface area contributed by atoms with Gasteiger partial charge in [0.15, 0.2) is 6.29 Å². The minimum absolute atomic E-state index is 0.790. The van der Waals surface area contributed by atoms with Crippen molar-refractivity contribution in [2.75, 3.05) is 0 Å². The molecule has 0 radical (unpaired) electrons. The molecule has 1 fully saturated rings. The van der Waals surface area contributed by atoms with Gasteiger partial charge in [-0.1, -0.05) is 0 Å². The summed E-state index contributed by atoms with van der Waals surface area (Å²) in [7, 11) is 0. The van der Waals surface area contributed by atoms with Crippen LogP contribution in [0.1, 0.15) is 0 Å². The molecule has 0 aliphatic carbocycles. The first kappa shape index (κ1) is 13.0. The summed E-state index contributed by atoms with van der Waals surface area (Å²) in [5.41, 5.74) is -6.80. The molecule has 2 unspecified atom stereocenters. The minimum Gasteiger partial charge on any atom is -0.387 e. The van der Waals surface area contributed by atoms with E-state index in [4.69, 9.17) is 20.4 Å². The van der Waals surface area contributed by atoms with Crippen LogP contribution in [0, 0.1) is 0 Å². The topological polar surface area (TPSA) is 90.2 Å². The summed E-state index contributed by atoms with van der Waals surface area (Å²) >= 11 is -0.790. The lowest BCUT2D eigenvalue weighted by molar-refractivity contribution is -0.137. The quantitative estimate of drug-likeness (QED) is 0.470. The van der Waals surface area contributed by atoms with E-state index in [2.05, 4.69) is 4.74 Å². The van der Waals surface area contributed by atoms with E-state index in [1.54, 1.807) is 0 Å². The van der Waals surface area contributed by atoms with Crippen LogP contribution in [0.4, 0.5) is 13.2 Å². The largest absolute Gasteiger partial charge is 0.444 e. The molecule has 15 heavy (non-hydrogen) atoms. The first-order valence-electron chi connectivity index (χ1n) is 3.84. The number of aliphatic hydroxyl groups excluding tert-OH is 4. The zero-order valence-electron chi connectivity index (χ0n) is 7.13. The van der Waals surface area contributed by atoms with Gasteiger partial charge in [0, 0.05) is 0 Å². The van der Waals surface area contributed by atoms with Crippen LogP contribution in [0.25, 0.3) is 0 Å². The van der Waals surface area contributed by atoms with Crippen molar-refractivity contribution in [2.45, 2.75) is 35.5 Å². The molecule has 1 saturated heterocycles. The summed E-state index contributed by atoms with van der Waals surface area (Å²) in [6.07, 6.45) is -6.96. The molecule has 1 aliphatic rings. The Kier molecular flexibility index (Phi) is 3.85. The van der Waals surface area contributed by atoms with E-state index in [-0.39, 0.29) is 0 Å². The number of halogens is 3. The minimum atomic E-state index is -4.69. The molecule has 1 aliphatic heterocycles. The lowest BCUT2D eigenvalue weighted by Crippen LogP contribution is -2.38. The SMILES string of the molecule is OC(SC(F)(F)F)[C@H]1OC(O)[C@H](O)[C@@H]1O. The third-order valence-electron chi connectivity index (χ3n) is 1.81. The number of thioether (sulfide) groups is 1. The molecule has 4 N–H and O–H groups in total. The molecule has 1 rings (SSSR count). The van der Waals surface area contributed by atoms with Gasteiger partial charge in [-0.3, -0.25) is 0 Å². The third-order valence-corrected chi connectivity index (χ3v) is 2.59. The fraction of sp³-hybridized carbons (Fsp3) is 1.00. The highest BCUT2D eigenvalue weighted by atomic mass is 32.2. The normalized spacial score (nSPS) is 39.4. The number of aliphatic hydroxyl groups is 4. The summed E-state index contributed by atoms with van der Waals surface area (Å²) in [5, 5.41) is 36.0. The molecule has 90 valence electrons. The average molecular weight is 250 g/mol. The van der Waals surface area contributed by atoms with Crippen molar-refractivity contribution < 1.29 is 38.3 Å². The van der Waals surface area contributed by atoms with Gasteiger partial charge in [0.2, 0.25) is 0 Å². The van der Waals surface area contributed by atoms with Gasteiger partial charge in [-0.2, -0.15) is 13.2 Å². The maximum Gasteiger partial charge on any atom is 0.444 e. The van der Waals surface area contributed by atoms with E-state index >= 15 is 0 Å². The average Bonchev–Trinajstić information content (AvgIpc) is 2.30. The van der Waals surface area contributed by atoms with Gasteiger partial charge in [0.1, 0.15) is 23.7 Å². The summed E-state index contributed by atoms with van der Waals surface area (Å²) < 4.78 is 39.8. The van der Waals surface area contributed by atoms with Crippen LogP contribution in [-0.2, 0) is 4.74 Å². The smallest absolute Gasteiger partial charge is 0.387 e. The molecule has 5 nitrogen and oxygen atoms in total. The van der Waals surface area contributed by atoms with E-state index in [9.17, 15) is 13.2 Å². The van der Waals surface area contributed by atoms with Crippen LogP contribution < -0.4 is 0 Å². The van der Waals surface area contributed by atoms with Gasteiger partial charge >= 0.3 is 5.51 Å². The maximum absolute atomic E-state index is 11.8. The van der Waals surface area contributed by atoms with Gasteiger partial charge in [0.25, 0.3) is 0 Å². The van der Waals surface area contributed by atoms with Crippen LogP contribution in [0.15, 0.2) is 0 Å². The molecular formula is C6H9F3O5S.